The Labute approximate surface area is 118 Å². The summed E-state index contributed by atoms with van der Waals surface area (Å²) in [6.07, 6.45) is 0. The van der Waals surface area contributed by atoms with Crippen molar-refractivity contribution in [1.82, 2.24) is 4.90 Å². The maximum atomic E-state index is 8.80. The Morgan fingerprint density at radius 1 is 1.37 bits per heavy atom. The van der Waals surface area contributed by atoms with Crippen molar-refractivity contribution >= 4 is 11.8 Å². The van der Waals surface area contributed by atoms with Gasteiger partial charge in [-0.25, -0.2) is 0 Å². The maximum absolute atomic E-state index is 8.80. The topological polar surface area (TPSA) is 32.7 Å². The minimum Gasteiger partial charge on any atom is -0.495 e. The third-order valence-electron chi connectivity index (χ3n) is 3.08. The predicted molar refractivity (Wildman–Crippen MR) is 79.6 cm³/mol. The molecule has 1 aromatic rings. The molecule has 1 N–H and O–H groups in total. The molecular formula is C15H19NO2S. The van der Waals surface area contributed by atoms with Crippen LogP contribution in [0.1, 0.15) is 11.1 Å². The molecule has 0 bridgehead atoms. The summed E-state index contributed by atoms with van der Waals surface area (Å²) in [7, 11) is 1.64. The molecule has 4 heteroatoms. The number of benzene rings is 1. The van der Waals surface area contributed by atoms with Crippen LogP contribution in [0.5, 0.6) is 5.75 Å². The van der Waals surface area contributed by atoms with Gasteiger partial charge in [0.05, 0.1) is 12.7 Å². The standard InChI is InChI=1S/C15H19NO2S/c1-18-15-5-4-13(11-14(15)3-2-8-17)12-16-6-9-19-10-7-16/h4-5,11,17H,6-10,12H2,1H3. The van der Waals surface area contributed by atoms with Gasteiger partial charge in [-0.05, 0) is 17.7 Å². The van der Waals surface area contributed by atoms with E-state index in [0.717, 1.165) is 30.9 Å². The summed E-state index contributed by atoms with van der Waals surface area (Å²) in [6, 6.07) is 6.10. The van der Waals surface area contributed by atoms with Gasteiger partial charge >= 0.3 is 0 Å². The van der Waals surface area contributed by atoms with Crippen LogP contribution < -0.4 is 4.74 Å². The van der Waals surface area contributed by atoms with E-state index in [1.54, 1.807) is 7.11 Å². The molecule has 0 unspecified atom stereocenters. The lowest BCUT2D eigenvalue weighted by molar-refractivity contribution is 0.294. The van der Waals surface area contributed by atoms with Crippen LogP contribution in [-0.2, 0) is 6.54 Å². The van der Waals surface area contributed by atoms with Crippen LogP contribution in [0.4, 0.5) is 0 Å². The molecule has 19 heavy (non-hydrogen) atoms. The van der Waals surface area contributed by atoms with E-state index in [0.29, 0.717) is 0 Å². The highest BCUT2D eigenvalue weighted by atomic mass is 32.2. The molecule has 3 nitrogen and oxygen atoms in total. The van der Waals surface area contributed by atoms with Gasteiger partial charge in [-0.2, -0.15) is 11.8 Å². The van der Waals surface area contributed by atoms with E-state index in [4.69, 9.17) is 9.84 Å². The average Bonchev–Trinajstić information content (AvgIpc) is 2.46. The molecule has 0 spiro atoms. The van der Waals surface area contributed by atoms with Gasteiger partial charge < -0.3 is 9.84 Å². The number of rotatable bonds is 3. The lowest BCUT2D eigenvalue weighted by atomic mass is 10.1. The van der Waals surface area contributed by atoms with Gasteiger partial charge in [-0.15, -0.1) is 0 Å². The second-order valence-electron chi connectivity index (χ2n) is 4.38. The first-order valence-corrected chi connectivity index (χ1v) is 7.55. The minimum atomic E-state index is -0.128. The monoisotopic (exact) mass is 277 g/mol. The summed E-state index contributed by atoms with van der Waals surface area (Å²) in [4.78, 5) is 2.46. The fraction of sp³-hybridized carbons (Fsp3) is 0.467. The highest BCUT2D eigenvalue weighted by Crippen LogP contribution is 2.20. The van der Waals surface area contributed by atoms with E-state index in [2.05, 4.69) is 28.9 Å². The molecule has 1 aliphatic heterocycles. The fourth-order valence-corrected chi connectivity index (χ4v) is 3.08. The van der Waals surface area contributed by atoms with Crippen molar-refractivity contribution in [1.29, 1.82) is 0 Å². The predicted octanol–water partition coefficient (Wildman–Crippen LogP) is 1.59. The zero-order valence-electron chi connectivity index (χ0n) is 11.2. The SMILES string of the molecule is COc1ccc(CN2CCSCC2)cc1C#CCO. The highest BCUT2D eigenvalue weighted by Gasteiger charge is 2.11. The van der Waals surface area contributed by atoms with Crippen LogP contribution in [0.25, 0.3) is 0 Å². The number of ether oxygens (including phenoxy) is 1. The summed E-state index contributed by atoms with van der Waals surface area (Å²) in [5.74, 6) is 8.82. The van der Waals surface area contributed by atoms with Gasteiger partial charge in [0, 0.05) is 31.1 Å². The molecule has 0 radical (unpaired) electrons. The second-order valence-corrected chi connectivity index (χ2v) is 5.61. The average molecular weight is 277 g/mol. The quantitative estimate of drug-likeness (QED) is 0.851. The van der Waals surface area contributed by atoms with Gasteiger partial charge in [-0.1, -0.05) is 17.9 Å². The van der Waals surface area contributed by atoms with Crippen LogP contribution >= 0.6 is 11.8 Å². The normalized spacial score (nSPS) is 15.7. The van der Waals surface area contributed by atoms with Gasteiger partial charge in [0.15, 0.2) is 0 Å². The largest absolute Gasteiger partial charge is 0.495 e. The number of aliphatic hydroxyl groups is 1. The Morgan fingerprint density at radius 3 is 2.84 bits per heavy atom. The number of hydrogen-bond acceptors (Lipinski definition) is 4. The highest BCUT2D eigenvalue weighted by molar-refractivity contribution is 7.99. The first-order chi connectivity index (χ1) is 9.33. The molecule has 1 aliphatic rings. The number of methoxy groups -OCH3 is 1. The molecule has 0 atom stereocenters. The molecule has 1 saturated heterocycles. The molecule has 0 aromatic heterocycles. The Morgan fingerprint density at radius 2 is 2.16 bits per heavy atom. The molecule has 2 rings (SSSR count). The summed E-state index contributed by atoms with van der Waals surface area (Å²) >= 11 is 2.02. The smallest absolute Gasteiger partial charge is 0.134 e. The van der Waals surface area contributed by atoms with E-state index in [1.165, 1.54) is 17.1 Å². The van der Waals surface area contributed by atoms with E-state index in [-0.39, 0.29) is 6.61 Å². The number of thioether (sulfide) groups is 1. The van der Waals surface area contributed by atoms with Crippen molar-refractivity contribution in [3.8, 4) is 17.6 Å². The Kier molecular flexibility index (Phi) is 5.59. The van der Waals surface area contributed by atoms with Crippen molar-refractivity contribution < 1.29 is 9.84 Å². The minimum absolute atomic E-state index is 0.128. The van der Waals surface area contributed by atoms with E-state index < -0.39 is 0 Å². The van der Waals surface area contributed by atoms with E-state index in [1.807, 2.05) is 17.8 Å². The van der Waals surface area contributed by atoms with Crippen molar-refractivity contribution in [2.45, 2.75) is 6.54 Å². The van der Waals surface area contributed by atoms with Gasteiger partial charge in [0.25, 0.3) is 0 Å². The molecule has 0 aliphatic carbocycles. The second kappa shape index (κ2) is 7.44. The third-order valence-corrected chi connectivity index (χ3v) is 4.02. The summed E-state index contributed by atoms with van der Waals surface area (Å²) in [5.41, 5.74) is 2.09. The molecule has 102 valence electrons. The molecule has 0 amide bonds. The summed E-state index contributed by atoms with van der Waals surface area (Å²) in [5, 5.41) is 8.80. The number of nitrogens with zero attached hydrogens (tertiary/aromatic N) is 1. The van der Waals surface area contributed by atoms with Crippen molar-refractivity contribution in [3.05, 3.63) is 29.3 Å². The lowest BCUT2D eigenvalue weighted by Gasteiger charge is -2.26. The Balaban J connectivity index is 2.12. The van der Waals surface area contributed by atoms with Crippen LogP contribution in [0.15, 0.2) is 18.2 Å². The van der Waals surface area contributed by atoms with Crippen LogP contribution in [0.2, 0.25) is 0 Å². The van der Waals surface area contributed by atoms with Crippen molar-refractivity contribution in [3.63, 3.8) is 0 Å². The van der Waals surface area contributed by atoms with Gasteiger partial charge in [0.2, 0.25) is 0 Å². The Bertz CT molecular complexity index is 473. The lowest BCUT2D eigenvalue weighted by Crippen LogP contribution is -2.31. The Hall–Kier alpha value is -1.15. The molecule has 1 aromatic carbocycles. The van der Waals surface area contributed by atoms with Crippen LogP contribution in [-0.4, -0.2) is 48.3 Å². The van der Waals surface area contributed by atoms with E-state index >= 15 is 0 Å². The fourth-order valence-electron chi connectivity index (χ4n) is 2.10. The van der Waals surface area contributed by atoms with E-state index in [9.17, 15) is 0 Å². The van der Waals surface area contributed by atoms with Crippen LogP contribution in [0.3, 0.4) is 0 Å². The van der Waals surface area contributed by atoms with Gasteiger partial charge in [-0.3, -0.25) is 4.90 Å². The maximum Gasteiger partial charge on any atom is 0.134 e. The first kappa shape index (κ1) is 14.3. The van der Waals surface area contributed by atoms with Crippen molar-refractivity contribution in [2.75, 3.05) is 38.3 Å². The van der Waals surface area contributed by atoms with Gasteiger partial charge in [0.1, 0.15) is 12.4 Å². The molecule has 1 heterocycles. The summed E-state index contributed by atoms with van der Waals surface area (Å²) in [6.45, 7) is 3.12. The summed E-state index contributed by atoms with van der Waals surface area (Å²) < 4.78 is 5.29. The zero-order valence-corrected chi connectivity index (χ0v) is 12.0. The first-order valence-electron chi connectivity index (χ1n) is 6.40. The molecular weight excluding hydrogens is 258 g/mol. The van der Waals surface area contributed by atoms with Crippen LogP contribution in [0, 0.1) is 11.8 Å². The number of hydrogen-bond donors (Lipinski definition) is 1. The zero-order chi connectivity index (χ0) is 13.5. The molecule has 0 saturated carbocycles. The molecule has 1 fully saturated rings. The third kappa shape index (κ3) is 4.17. The van der Waals surface area contributed by atoms with Crippen molar-refractivity contribution in [2.24, 2.45) is 0 Å². The number of aliphatic hydroxyl groups excluding tert-OH is 1.